The summed E-state index contributed by atoms with van der Waals surface area (Å²) in [6, 6.07) is 7.96. The Morgan fingerprint density at radius 1 is 1.30 bits per heavy atom. The fraction of sp³-hybridized carbons (Fsp3) is 0.400. The third-order valence-corrected chi connectivity index (χ3v) is 5.44. The fourth-order valence-electron chi connectivity index (χ4n) is 1.77. The van der Waals surface area contributed by atoms with Crippen molar-refractivity contribution in [1.82, 2.24) is 10.3 Å². The van der Waals surface area contributed by atoms with Gasteiger partial charge in [-0.05, 0) is 44.2 Å². The minimum atomic E-state index is 0.781. The van der Waals surface area contributed by atoms with Crippen molar-refractivity contribution in [3.05, 3.63) is 44.9 Å². The Kier molecular flexibility index (Phi) is 6.36. The lowest BCUT2D eigenvalue weighted by atomic mass is 10.4. The SMILES string of the molecule is CCCNCc1sc(CSc2ccc(Cl)cc2)nc1C. The van der Waals surface area contributed by atoms with E-state index < -0.39 is 0 Å². The van der Waals surface area contributed by atoms with Crippen LogP contribution in [-0.2, 0) is 12.3 Å². The van der Waals surface area contributed by atoms with E-state index in [4.69, 9.17) is 11.6 Å². The summed E-state index contributed by atoms with van der Waals surface area (Å²) in [6.07, 6.45) is 1.16. The zero-order valence-electron chi connectivity index (χ0n) is 11.8. The summed E-state index contributed by atoms with van der Waals surface area (Å²) in [5.41, 5.74) is 1.16. The number of benzene rings is 1. The van der Waals surface area contributed by atoms with E-state index in [2.05, 4.69) is 36.3 Å². The summed E-state index contributed by atoms with van der Waals surface area (Å²) < 4.78 is 0. The maximum absolute atomic E-state index is 5.89. The molecule has 108 valence electrons. The summed E-state index contributed by atoms with van der Waals surface area (Å²) in [6.45, 7) is 6.27. The van der Waals surface area contributed by atoms with Crippen LogP contribution in [0.4, 0.5) is 0 Å². The molecule has 0 spiro atoms. The second-order valence-corrected chi connectivity index (χ2v) is 7.19. The van der Waals surface area contributed by atoms with E-state index in [0.29, 0.717) is 0 Å². The number of aryl methyl sites for hydroxylation is 1. The minimum Gasteiger partial charge on any atom is -0.312 e. The molecular formula is C15H19ClN2S2. The van der Waals surface area contributed by atoms with Crippen LogP contribution in [-0.4, -0.2) is 11.5 Å². The Morgan fingerprint density at radius 2 is 2.05 bits per heavy atom. The first-order valence-electron chi connectivity index (χ1n) is 6.73. The Balaban J connectivity index is 1.89. The Labute approximate surface area is 134 Å². The van der Waals surface area contributed by atoms with E-state index in [1.165, 1.54) is 14.8 Å². The normalized spacial score (nSPS) is 10.9. The smallest absolute Gasteiger partial charge is 0.103 e. The van der Waals surface area contributed by atoms with Crippen molar-refractivity contribution in [1.29, 1.82) is 0 Å². The number of hydrogen-bond acceptors (Lipinski definition) is 4. The van der Waals surface area contributed by atoms with E-state index in [-0.39, 0.29) is 0 Å². The topological polar surface area (TPSA) is 24.9 Å². The first-order valence-corrected chi connectivity index (χ1v) is 8.91. The molecule has 2 aromatic rings. The Bertz CT molecular complexity index is 537. The summed E-state index contributed by atoms with van der Waals surface area (Å²) in [7, 11) is 0. The van der Waals surface area contributed by atoms with Crippen molar-refractivity contribution in [3.63, 3.8) is 0 Å². The summed E-state index contributed by atoms with van der Waals surface area (Å²) in [4.78, 5) is 7.24. The summed E-state index contributed by atoms with van der Waals surface area (Å²) >= 11 is 9.50. The van der Waals surface area contributed by atoms with E-state index in [9.17, 15) is 0 Å². The number of rotatable bonds is 7. The number of thioether (sulfide) groups is 1. The highest BCUT2D eigenvalue weighted by Crippen LogP contribution is 2.27. The molecule has 0 bridgehead atoms. The first-order chi connectivity index (χ1) is 9.69. The quantitative estimate of drug-likeness (QED) is 0.579. The largest absolute Gasteiger partial charge is 0.312 e. The molecule has 2 nitrogen and oxygen atoms in total. The third-order valence-electron chi connectivity index (χ3n) is 2.83. The molecule has 2 rings (SSSR count). The molecule has 1 aromatic carbocycles. The van der Waals surface area contributed by atoms with Gasteiger partial charge in [0.25, 0.3) is 0 Å². The van der Waals surface area contributed by atoms with Gasteiger partial charge in [-0.1, -0.05) is 18.5 Å². The zero-order chi connectivity index (χ0) is 14.4. The lowest BCUT2D eigenvalue weighted by Crippen LogP contribution is -2.13. The van der Waals surface area contributed by atoms with Crippen molar-refractivity contribution in [2.24, 2.45) is 0 Å². The van der Waals surface area contributed by atoms with E-state index >= 15 is 0 Å². The molecule has 0 aliphatic heterocycles. The van der Waals surface area contributed by atoms with Crippen LogP contribution in [0.5, 0.6) is 0 Å². The molecule has 0 aliphatic carbocycles. The van der Waals surface area contributed by atoms with Crippen LogP contribution in [0.2, 0.25) is 5.02 Å². The standard InChI is InChI=1S/C15H19ClN2S2/c1-3-8-17-9-14-11(2)18-15(20-14)10-19-13-6-4-12(16)5-7-13/h4-7,17H,3,8-10H2,1-2H3. The summed E-state index contributed by atoms with van der Waals surface area (Å²) in [5, 5.41) is 5.41. The van der Waals surface area contributed by atoms with Crippen molar-refractivity contribution in [2.45, 2.75) is 37.5 Å². The van der Waals surface area contributed by atoms with Gasteiger partial charge in [-0.3, -0.25) is 0 Å². The Morgan fingerprint density at radius 3 is 2.75 bits per heavy atom. The number of hydrogen-bond donors (Lipinski definition) is 1. The predicted octanol–water partition coefficient (Wildman–Crippen LogP) is 4.90. The van der Waals surface area contributed by atoms with Crippen molar-refractivity contribution < 1.29 is 0 Å². The van der Waals surface area contributed by atoms with Crippen LogP contribution in [0.15, 0.2) is 29.2 Å². The highest BCUT2D eigenvalue weighted by atomic mass is 35.5. The molecule has 0 fully saturated rings. The van der Waals surface area contributed by atoms with Crippen LogP contribution in [0.3, 0.4) is 0 Å². The van der Waals surface area contributed by atoms with Gasteiger partial charge in [0.15, 0.2) is 0 Å². The molecule has 0 saturated heterocycles. The molecule has 1 N–H and O–H groups in total. The summed E-state index contributed by atoms with van der Waals surface area (Å²) in [5.74, 6) is 0.918. The molecule has 5 heteroatoms. The average molecular weight is 327 g/mol. The van der Waals surface area contributed by atoms with Crippen LogP contribution < -0.4 is 5.32 Å². The van der Waals surface area contributed by atoms with Gasteiger partial charge >= 0.3 is 0 Å². The van der Waals surface area contributed by atoms with Gasteiger partial charge in [-0.2, -0.15) is 0 Å². The number of nitrogens with zero attached hydrogens (tertiary/aromatic N) is 1. The lowest BCUT2D eigenvalue weighted by molar-refractivity contribution is 0.678. The van der Waals surface area contributed by atoms with Crippen LogP contribution in [0, 0.1) is 6.92 Å². The van der Waals surface area contributed by atoms with Crippen LogP contribution >= 0.6 is 34.7 Å². The molecule has 0 saturated carbocycles. The minimum absolute atomic E-state index is 0.781. The molecular weight excluding hydrogens is 308 g/mol. The average Bonchev–Trinajstić information content (AvgIpc) is 2.79. The predicted molar refractivity (Wildman–Crippen MR) is 89.9 cm³/mol. The zero-order valence-corrected chi connectivity index (χ0v) is 14.2. The van der Waals surface area contributed by atoms with Crippen LogP contribution in [0.25, 0.3) is 0 Å². The number of nitrogens with one attached hydrogen (secondary N) is 1. The monoisotopic (exact) mass is 326 g/mol. The third kappa shape index (κ3) is 4.77. The molecule has 20 heavy (non-hydrogen) atoms. The van der Waals surface area contributed by atoms with Gasteiger partial charge in [0, 0.05) is 21.3 Å². The first kappa shape index (κ1) is 15.8. The van der Waals surface area contributed by atoms with Gasteiger partial charge < -0.3 is 5.32 Å². The maximum atomic E-state index is 5.89. The van der Waals surface area contributed by atoms with Gasteiger partial charge in [0.1, 0.15) is 5.01 Å². The van der Waals surface area contributed by atoms with Gasteiger partial charge in [0.05, 0.1) is 11.4 Å². The highest BCUT2D eigenvalue weighted by Gasteiger charge is 2.07. The van der Waals surface area contributed by atoms with Crippen molar-refractivity contribution in [2.75, 3.05) is 6.54 Å². The van der Waals surface area contributed by atoms with E-state index in [0.717, 1.165) is 36.0 Å². The molecule has 1 heterocycles. The second-order valence-electron chi connectivity index (χ2n) is 4.54. The van der Waals surface area contributed by atoms with E-state index in [1.807, 2.05) is 23.5 Å². The number of thiazole rings is 1. The molecule has 0 atom stereocenters. The van der Waals surface area contributed by atoms with Crippen LogP contribution in [0.1, 0.15) is 28.9 Å². The molecule has 0 radical (unpaired) electrons. The Hall–Kier alpha value is -0.550. The number of aromatic nitrogens is 1. The highest BCUT2D eigenvalue weighted by molar-refractivity contribution is 7.98. The molecule has 0 unspecified atom stereocenters. The lowest BCUT2D eigenvalue weighted by Gasteiger charge is -2.00. The van der Waals surface area contributed by atoms with Crippen molar-refractivity contribution in [3.8, 4) is 0 Å². The second kappa shape index (κ2) is 8.03. The molecule has 0 aliphatic rings. The van der Waals surface area contributed by atoms with Gasteiger partial charge in [-0.25, -0.2) is 4.98 Å². The fourth-order valence-corrected chi connectivity index (χ4v) is 3.82. The maximum Gasteiger partial charge on any atom is 0.103 e. The molecule has 0 amide bonds. The van der Waals surface area contributed by atoms with Crippen molar-refractivity contribution >= 4 is 34.7 Å². The molecule has 1 aromatic heterocycles. The number of halogens is 1. The van der Waals surface area contributed by atoms with E-state index in [1.54, 1.807) is 11.8 Å². The van der Waals surface area contributed by atoms with Gasteiger partial charge in [-0.15, -0.1) is 23.1 Å². The van der Waals surface area contributed by atoms with Gasteiger partial charge in [0.2, 0.25) is 0 Å².